The van der Waals surface area contributed by atoms with Crippen LogP contribution >= 0.6 is 0 Å². The Morgan fingerprint density at radius 3 is 2.29 bits per heavy atom. The predicted molar refractivity (Wildman–Crippen MR) is 102 cm³/mol. The Kier molecular flexibility index (Phi) is 4.57. The number of fused-ring (bicyclic) bond motifs is 3. The first kappa shape index (κ1) is 17.8. The third-order valence-electron chi connectivity index (χ3n) is 4.91. The second-order valence-electron chi connectivity index (χ2n) is 6.74. The Bertz CT molecular complexity index is 998. The van der Waals surface area contributed by atoms with Crippen LogP contribution in [0.15, 0.2) is 54.6 Å². The van der Waals surface area contributed by atoms with Crippen molar-refractivity contribution in [1.29, 1.82) is 0 Å². The molecule has 2 aromatic carbocycles. The highest BCUT2D eigenvalue weighted by Crippen LogP contribution is 2.44. The minimum absolute atomic E-state index is 0.00415. The van der Waals surface area contributed by atoms with E-state index in [1.165, 1.54) is 22.1 Å². The summed E-state index contributed by atoms with van der Waals surface area (Å²) in [6.07, 6.45) is -0.478. The van der Waals surface area contributed by atoms with Crippen molar-refractivity contribution in [3.05, 3.63) is 77.1 Å². The van der Waals surface area contributed by atoms with E-state index in [0.717, 1.165) is 11.1 Å². The van der Waals surface area contributed by atoms with Gasteiger partial charge in [0.15, 0.2) is 5.69 Å². The Morgan fingerprint density at radius 2 is 1.71 bits per heavy atom. The molecule has 4 rings (SSSR count). The zero-order valence-electron chi connectivity index (χ0n) is 15.3. The number of benzene rings is 2. The molecular weight excluding hydrogens is 358 g/mol. The van der Waals surface area contributed by atoms with E-state index in [1.54, 1.807) is 7.05 Å². The van der Waals surface area contributed by atoms with Crippen molar-refractivity contribution >= 4 is 12.1 Å². The van der Waals surface area contributed by atoms with Crippen LogP contribution in [-0.4, -0.2) is 45.9 Å². The van der Waals surface area contributed by atoms with Crippen LogP contribution in [0.5, 0.6) is 0 Å². The van der Waals surface area contributed by atoms with Gasteiger partial charge in [-0.15, -0.1) is 0 Å². The van der Waals surface area contributed by atoms with Crippen LogP contribution in [-0.2, 0) is 11.3 Å². The zero-order valence-corrected chi connectivity index (χ0v) is 15.3. The van der Waals surface area contributed by atoms with Crippen molar-refractivity contribution in [2.24, 2.45) is 0 Å². The minimum Gasteiger partial charge on any atom is -0.476 e. The number of carboxylic acid groups (broad SMARTS) is 1. The van der Waals surface area contributed by atoms with Crippen LogP contribution in [0.25, 0.3) is 11.1 Å². The summed E-state index contributed by atoms with van der Waals surface area (Å²) in [6, 6.07) is 17.7. The number of H-pyrrole nitrogens is 1. The topological polar surface area (TPSA) is 95.5 Å². The molecule has 1 heterocycles. The SMILES string of the molecule is CN(Cc1cc(C(=O)O)n[nH]1)C(=O)OCC1c2ccccc2-c2ccccc21. The fourth-order valence-corrected chi connectivity index (χ4v) is 3.58. The number of carbonyl (C=O) groups excluding carboxylic acids is 1. The number of amides is 1. The summed E-state index contributed by atoms with van der Waals surface area (Å²) in [7, 11) is 1.60. The van der Waals surface area contributed by atoms with E-state index in [-0.39, 0.29) is 24.8 Å². The highest BCUT2D eigenvalue weighted by atomic mass is 16.6. The number of nitrogens with one attached hydrogen (secondary N) is 1. The number of hydrogen-bond donors (Lipinski definition) is 2. The standard InChI is InChI=1S/C21H19N3O4/c1-24(11-13-10-19(20(25)26)23-22-13)21(27)28-12-18-16-8-4-2-6-14(16)15-7-3-5-9-17(15)18/h2-10,18H,11-12H2,1H3,(H,22,23)(H,25,26). The van der Waals surface area contributed by atoms with Gasteiger partial charge in [0.25, 0.3) is 0 Å². The van der Waals surface area contributed by atoms with E-state index < -0.39 is 12.1 Å². The molecule has 0 fully saturated rings. The van der Waals surface area contributed by atoms with Crippen LogP contribution in [0, 0.1) is 0 Å². The van der Waals surface area contributed by atoms with E-state index in [2.05, 4.69) is 34.5 Å². The number of hydrogen-bond acceptors (Lipinski definition) is 4. The van der Waals surface area contributed by atoms with Crippen molar-refractivity contribution in [2.45, 2.75) is 12.5 Å². The van der Waals surface area contributed by atoms with E-state index in [1.807, 2.05) is 24.3 Å². The lowest BCUT2D eigenvalue weighted by molar-refractivity contribution is 0.0690. The van der Waals surface area contributed by atoms with Gasteiger partial charge in [-0.1, -0.05) is 48.5 Å². The summed E-state index contributed by atoms with van der Waals surface area (Å²) in [5.74, 6) is -1.12. The first-order valence-corrected chi connectivity index (χ1v) is 8.88. The third kappa shape index (κ3) is 3.22. The fourth-order valence-electron chi connectivity index (χ4n) is 3.58. The molecule has 0 unspecified atom stereocenters. The number of aromatic carboxylic acids is 1. The third-order valence-corrected chi connectivity index (χ3v) is 4.91. The quantitative estimate of drug-likeness (QED) is 0.710. The first-order chi connectivity index (χ1) is 13.5. The van der Waals surface area contributed by atoms with E-state index in [4.69, 9.17) is 9.84 Å². The smallest absolute Gasteiger partial charge is 0.409 e. The van der Waals surface area contributed by atoms with E-state index in [9.17, 15) is 9.59 Å². The van der Waals surface area contributed by atoms with Gasteiger partial charge in [0.2, 0.25) is 0 Å². The molecule has 1 amide bonds. The molecule has 1 aliphatic carbocycles. The van der Waals surface area contributed by atoms with Crippen LogP contribution in [0.1, 0.15) is 33.2 Å². The Hall–Kier alpha value is -3.61. The Balaban J connectivity index is 1.44. The molecule has 0 aliphatic heterocycles. The number of nitrogens with zero attached hydrogens (tertiary/aromatic N) is 2. The largest absolute Gasteiger partial charge is 0.476 e. The monoisotopic (exact) mass is 377 g/mol. The molecule has 28 heavy (non-hydrogen) atoms. The molecule has 0 spiro atoms. The number of carbonyl (C=O) groups is 2. The van der Waals surface area contributed by atoms with Gasteiger partial charge >= 0.3 is 12.1 Å². The maximum absolute atomic E-state index is 12.4. The molecule has 1 aromatic heterocycles. The second-order valence-corrected chi connectivity index (χ2v) is 6.74. The number of rotatable bonds is 5. The summed E-state index contributed by atoms with van der Waals surface area (Å²) >= 11 is 0. The molecule has 0 bridgehead atoms. The Morgan fingerprint density at radius 1 is 1.11 bits per heavy atom. The van der Waals surface area contributed by atoms with E-state index >= 15 is 0 Å². The average molecular weight is 377 g/mol. The van der Waals surface area contributed by atoms with Crippen LogP contribution in [0.3, 0.4) is 0 Å². The summed E-state index contributed by atoms with van der Waals surface area (Å²) in [5, 5.41) is 15.2. The zero-order chi connectivity index (χ0) is 19.7. The molecule has 0 saturated heterocycles. The number of aromatic nitrogens is 2. The summed E-state index contributed by atoms with van der Waals surface area (Å²) in [4.78, 5) is 24.7. The molecule has 142 valence electrons. The normalized spacial score (nSPS) is 12.3. The van der Waals surface area contributed by atoms with Gasteiger partial charge in [-0.2, -0.15) is 5.10 Å². The second kappa shape index (κ2) is 7.19. The fraction of sp³-hybridized carbons (Fsp3) is 0.190. The minimum atomic E-state index is -1.12. The molecule has 0 atom stereocenters. The van der Waals surface area contributed by atoms with Gasteiger partial charge in [0, 0.05) is 13.0 Å². The lowest BCUT2D eigenvalue weighted by Crippen LogP contribution is -2.28. The number of aromatic amines is 1. The van der Waals surface area contributed by atoms with Crippen molar-refractivity contribution in [3.63, 3.8) is 0 Å². The van der Waals surface area contributed by atoms with Crippen molar-refractivity contribution in [2.75, 3.05) is 13.7 Å². The first-order valence-electron chi connectivity index (χ1n) is 8.88. The van der Waals surface area contributed by atoms with Gasteiger partial charge < -0.3 is 14.7 Å². The van der Waals surface area contributed by atoms with E-state index in [0.29, 0.717) is 5.69 Å². The van der Waals surface area contributed by atoms with Gasteiger partial charge in [-0.3, -0.25) is 5.10 Å². The molecule has 7 heteroatoms. The maximum Gasteiger partial charge on any atom is 0.409 e. The van der Waals surface area contributed by atoms with Crippen molar-refractivity contribution in [1.82, 2.24) is 15.1 Å². The molecule has 2 N–H and O–H groups in total. The van der Waals surface area contributed by atoms with Gasteiger partial charge in [0.1, 0.15) is 6.61 Å². The van der Waals surface area contributed by atoms with Crippen LogP contribution in [0.4, 0.5) is 4.79 Å². The van der Waals surface area contributed by atoms with Gasteiger partial charge in [0.05, 0.1) is 12.2 Å². The molecule has 3 aromatic rings. The molecule has 7 nitrogen and oxygen atoms in total. The van der Waals surface area contributed by atoms with Crippen LogP contribution < -0.4 is 0 Å². The molecular formula is C21H19N3O4. The lowest BCUT2D eigenvalue weighted by atomic mass is 9.98. The Labute approximate surface area is 161 Å². The number of carboxylic acids is 1. The summed E-state index contributed by atoms with van der Waals surface area (Å²) in [6.45, 7) is 0.414. The van der Waals surface area contributed by atoms with Crippen molar-refractivity contribution in [3.8, 4) is 11.1 Å². The molecule has 1 aliphatic rings. The predicted octanol–water partition coefficient (Wildman–Crippen LogP) is 3.49. The molecule has 0 radical (unpaired) electrons. The van der Waals surface area contributed by atoms with Crippen molar-refractivity contribution < 1.29 is 19.4 Å². The van der Waals surface area contributed by atoms with Gasteiger partial charge in [-0.05, 0) is 28.3 Å². The summed E-state index contributed by atoms with van der Waals surface area (Å²) in [5.41, 5.74) is 5.08. The molecule has 0 saturated carbocycles. The maximum atomic E-state index is 12.4. The lowest BCUT2D eigenvalue weighted by Gasteiger charge is -2.19. The number of ether oxygens (including phenoxy) is 1. The highest BCUT2D eigenvalue weighted by molar-refractivity contribution is 5.85. The highest BCUT2D eigenvalue weighted by Gasteiger charge is 2.29. The summed E-state index contributed by atoms with van der Waals surface area (Å²) < 4.78 is 5.56. The van der Waals surface area contributed by atoms with Gasteiger partial charge in [-0.25, -0.2) is 9.59 Å². The average Bonchev–Trinajstić information content (AvgIpc) is 3.29. The van der Waals surface area contributed by atoms with Crippen LogP contribution in [0.2, 0.25) is 0 Å².